The van der Waals surface area contributed by atoms with E-state index in [1.165, 1.54) is 12.8 Å². The topological polar surface area (TPSA) is 30.5 Å². The molecule has 1 heterocycles. The molecule has 0 aromatic carbocycles. The van der Waals surface area contributed by atoms with Gasteiger partial charge in [-0.2, -0.15) is 0 Å². The molecule has 0 aromatic rings. The van der Waals surface area contributed by atoms with Crippen LogP contribution in [0.1, 0.15) is 26.7 Å². The van der Waals surface area contributed by atoms with Crippen molar-refractivity contribution in [2.24, 2.45) is 5.92 Å². The first-order valence-corrected chi connectivity index (χ1v) is 5.72. The van der Waals surface area contributed by atoms with E-state index in [0.717, 1.165) is 25.8 Å². The van der Waals surface area contributed by atoms with Crippen LogP contribution >= 0.6 is 0 Å². The molecule has 82 valence electrons. The van der Waals surface area contributed by atoms with Gasteiger partial charge >= 0.3 is 0 Å². The maximum absolute atomic E-state index is 5.94. The molecule has 1 saturated heterocycles. The van der Waals surface area contributed by atoms with Crippen LogP contribution in [0.5, 0.6) is 0 Å². The molecule has 0 aromatic heterocycles. The highest BCUT2D eigenvalue weighted by Crippen LogP contribution is 2.20. The molecule has 0 amide bonds. The van der Waals surface area contributed by atoms with Crippen molar-refractivity contribution in [1.82, 2.24) is 5.32 Å². The third-order valence-electron chi connectivity index (χ3n) is 2.90. The van der Waals surface area contributed by atoms with Crippen molar-refractivity contribution < 1.29 is 9.47 Å². The Morgan fingerprint density at radius 2 is 2.07 bits per heavy atom. The van der Waals surface area contributed by atoms with Crippen LogP contribution in [0.25, 0.3) is 0 Å². The van der Waals surface area contributed by atoms with Gasteiger partial charge in [0.2, 0.25) is 0 Å². The molecule has 1 unspecified atom stereocenters. The molecule has 1 saturated carbocycles. The zero-order chi connectivity index (χ0) is 9.97. The van der Waals surface area contributed by atoms with E-state index in [-0.39, 0.29) is 0 Å². The molecule has 1 aliphatic carbocycles. The summed E-state index contributed by atoms with van der Waals surface area (Å²) >= 11 is 0. The van der Waals surface area contributed by atoms with E-state index < -0.39 is 0 Å². The van der Waals surface area contributed by atoms with Gasteiger partial charge in [0.1, 0.15) is 6.10 Å². The van der Waals surface area contributed by atoms with Gasteiger partial charge in [0.05, 0.1) is 19.3 Å². The second-order valence-electron chi connectivity index (χ2n) is 4.76. The highest BCUT2D eigenvalue weighted by molar-refractivity contribution is 4.83. The van der Waals surface area contributed by atoms with Crippen molar-refractivity contribution in [3.05, 3.63) is 0 Å². The molecule has 3 heteroatoms. The van der Waals surface area contributed by atoms with Crippen LogP contribution in [0, 0.1) is 5.92 Å². The Morgan fingerprint density at radius 3 is 2.50 bits per heavy atom. The van der Waals surface area contributed by atoms with Crippen molar-refractivity contribution in [1.29, 1.82) is 0 Å². The molecule has 2 rings (SSSR count). The zero-order valence-corrected chi connectivity index (χ0v) is 9.16. The predicted molar refractivity (Wildman–Crippen MR) is 55.3 cm³/mol. The van der Waals surface area contributed by atoms with Crippen molar-refractivity contribution in [3.8, 4) is 0 Å². The number of hydrogen-bond acceptors (Lipinski definition) is 3. The molecule has 1 aliphatic heterocycles. The van der Waals surface area contributed by atoms with Gasteiger partial charge in [-0.05, 0) is 18.8 Å². The molecule has 2 aliphatic rings. The van der Waals surface area contributed by atoms with Gasteiger partial charge < -0.3 is 14.8 Å². The summed E-state index contributed by atoms with van der Waals surface area (Å²) in [7, 11) is 0. The van der Waals surface area contributed by atoms with Crippen molar-refractivity contribution in [2.45, 2.75) is 44.9 Å². The molecule has 0 bridgehead atoms. The van der Waals surface area contributed by atoms with Crippen LogP contribution < -0.4 is 5.32 Å². The Bertz CT molecular complexity index is 176. The van der Waals surface area contributed by atoms with Gasteiger partial charge in [-0.1, -0.05) is 13.8 Å². The first-order chi connectivity index (χ1) is 6.75. The minimum atomic E-state index is 0.350. The molecule has 14 heavy (non-hydrogen) atoms. The fourth-order valence-electron chi connectivity index (χ4n) is 1.55. The Morgan fingerprint density at radius 1 is 1.36 bits per heavy atom. The predicted octanol–water partition coefficient (Wildman–Crippen LogP) is 1.18. The fraction of sp³-hybridized carbons (Fsp3) is 1.00. The highest BCUT2D eigenvalue weighted by Gasteiger charge is 2.27. The summed E-state index contributed by atoms with van der Waals surface area (Å²) in [6.07, 6.45) is 3.39. The lowest BCUT2D eigenvalue weighted by Crippen LogP contribution is -2.44. The lowest BCUT2D eigenvalue weighted by molar-refractivity contribution is -0.161. The van der Waals surface area contributed by atoms with Crippen LogP contribution in [0.2, 0.25) is 0 Å². The maximum Gasteiger partial charge on any atom is 0.105 e. The van der Waals surface area contributed by atoms with E-state index in [0.29, 0.717) is 18.1 Å². The van der Waals surface area contributed by atoms with E-state index in [4.69, 9.17) is 9.47 Å². The van der Waals surface area contributed by atoms with Crippen molar-refractivity contribution in [2.75, 3.05) is 19.8 Å². The van der Waals surface area contributed by atoms with E-state index >= 15 is 0 Å². The van der Waals surface area contributed by atoms with E-state index in [1.807, 2.05) is 0 Å². The Labute approximate surface area is 86.2 Å². The number of rotatable bonds is 6. The minimum Gasteiger partial charge on any atom is -0.376 e. The van der Waals surface area contributed by atoms with Crippen LogP contribution in [-0.4, -0.2) is 38.0 Å². The average Bonchev–Trinajstić information content (AvgIpc) is 2.83. The lowest BCUT2D eigenvalue weighted by atomic mass is 10.1. The maximum atomic E-state index is 5.94. The van der Waals surface area contributed by atoms with E-state index in [1.54, 1.807) is 0 Å². The first-order valence-electron chi connectivity index (χ1n) is 5.72. The zero-order valence-electron chi connectivity index (χ0n) is 9.16. The summed E-state index contributed by atoms with van der Waals surface area (Å²) < 4.78 is 11.0. The molecule has 2 fully saturated rings. The normalized spacial score (nSPS) is 25.1. The van der Waals surface area contributed by atoms with Crippen LogP contribution in [0.4, 0.5) is 0 Å². The summed E-state index contributed by atoms with van der Waals surface area (Å²) in [6, 6.07) is 0.775. The molecule has 0 spiro atoms. The largest absolute Gasteiger partial charge is 0.376 e. The quantitative estimate of drug-likeness (QED) is 0.697. The fourth-order valence-corrected chi connectivity index (χ4v) is 1.55. The van der Waals surface area contributed by atoms with E-state index in [9.17, 15) is 0 Å². The van der Waals surface area contributed by atoms with Crippen LogP contribution in [-0.2, 0) is 9.47 Å². The number of nitrogens with one attached hydrogen (secondary N) is 1. The second kappa shape index (κ2) is 4.60. The highest BCUT2D eigenvalue weighted by atomic mass is 16.6. The Hall–Kier alpha value is -0.120. The lowest BCUT2D eigenvalue weighted by Gasteiger charge is -2.32. The smallest absolute Gasteiger partial charge is 0.105 e. The van der Waals surface area contributed by atoms with Gasteiger partial charge in [-0.25, -0.2) is 0 Å². The number of ether oxygens (including phenoxy) is 2. The molecule has 3 nitrogen and oxygen atoms in total. The summed E-state index contributed by atoms with van der Waals surface area (Å²) in [6.45, 7) is 7.01. The Balaban J connectivity index is 1.67. The van der Waals surface area contributed by atoms with E-state index in [2.05, 4.69) is 19.2 Å². The van der Waals surface area contributed by atoms with Crippen LogP contribution in [0.3, 0.4) is 0 Å². The summed E-state index contributed by atoms with van der Waals surface area (Å²) in [5, 5.41) is 3.53. The molecule has 1 N–H and O–H groups in total. The summed E-state index contributed by atoms with van der Waals surface area (Å²) in [4.78, 5) is 0. The second-order valence-corrected chi connectivity index (χ2v) is 4.76. The standard InChI is InChI=1S/C11H21NO2/c1-8(2)11(5-12-9-3-4-9)14-10-6-13-7-10/h8-12H,3-7H2,1-2H3. The number of hydrogen-bond donors (Lipinski definition) is 1. The molecule has 0 radical (unpaired) electrons. The van der Waals surface area contributed by atoms with Crippen LogP contribution in [0.15, 0.2) is 0 Å². The average molecular weight is 199 g/mol. The van der Waals surface area contributed by atoms with Crippen molar-refractivity contribution in [3.63, 3.8) is 0 Å². The van der Waals surface area contributed by atoms with Gasteiger partial charge in [0.15, 0.2) is 0 Å². The van der Waals surface area contributed by atoms with Gasteiger partial charge in [-0.3, -0.25) is 0 Å². The third-order valence-corrected chi connectivity index (χ3v) is 2.90. The van der Waals surface area contributed by atoms with Gasteiger partial charge in [0, 0.05) is 12.6 Å². The molecule has 1 atom stereocenters. The van der Waals surface area contributed by atoms with Crippen molar-refractivity contribution >= 4 is 0 Å². The molecular formula is C11H21NO2. The third kappa shape index (κ3) is 2.94. The minimum absolute atomic E-state index is 0.350. The monoisotopic (exact) mass is 199 g/mol. The Kier molecular flexibility index (Phi) is 3.42. The SMILES string of the molecule is CC(C)C(CNC1CC1)OC1COC1. The molecular weight excluding hydrogens is 178 g/mol. The summed E-state index contributed by atoms with van der Waals surface area (Å²) in [5.74, 6) is 0.585. The first kappa shape index (κ1) is 10.4. The summed E-state index contributed by atoms with van der Waals surface area (Å²) in [5.41, 5.74) is 0. The van der Waals surface area contributed by atoms with Gasteiger partial charge in [0.25, 0.3) is 0 Å². The van der Waals surface area contributed by atoms with Gasteiger partial charge in [-0.15, -0.1) is 0 Å².